The van der Waals surface area contributed by atoms with Gasteiger partial charge in [0.05, 0.1) is 0 Å². The van der Waals surface area contributed by atoms with E-state index in [1.54, 1.807) is 23.7 Å². The molecular weight excluding hydrogens is 194 g/mol. The van der Waals surface area contributed by atoms with E-state index in [2.05, 4.69) is 15.3 Å². The van der Waals surface area contributed by atoms with Crippen LogP contribution < -0.4 is 5.32 Å². The zero-order valence-electron chi connectivity index (χ0n) is 7.21. The van der Waals surface area contributed by atoms with Crippen LogP contribution in [0, 0.1) is 0 Å². The third kappa shape index (κ3) is 1.04. The van der Waals surface area contributed by atoms with E-state index in [0.29, 0.717) is 0 Å². The second kappa shape index (κ2) is 2.92. The van der Waals surface area contributed by atoms with E-state index in [-0.39, 0.29) is 0 Å². The lowest BCUT2D eigenvalue weighted by Crippen LogP contribution is -1.89. The first-order chi connectivity index (χ1) is 6.95. The van der Waals surface area contributed by atoms with Gasteiger partial charge in [0.15, 0.2) is 5.82 Å². The van der Waals surface area contributed by atoms with Crippen LogP contribution in [0.5, 0.6) is 0 Å². The van der Waals surface area contributed by atoms with E-state index >= 15 is 0 Å². The van der Waals surface area contributed by atoms with E-state index in [4.69, 9.17) is 0 Å². The van der Waals surface area contributed by atoms with Crippen molar-refractivity contribution in [2.24, 2.45) is 0 Å². The summed E-state index contributed by atoms with van der Waals surface area (Å²) in [4.78, 5) is 8.46. The highest BCUT2D eigenvalue weighted by molar-refractivity contribution is 7.13. The molecular formula is C10H6N3S. The van der Waals surface area contributed by atoms with Gasteiger partial charge >= 0.3 is 0 Å². The molecule has 1 aliphatic rings. The van der Waals surface area contributed by atoms with Crippen molar-refractivity contribution in [1.82, 2.24) is 15.3 Å². The molecule has 0 atom stereocenters. The number of pyridine rings is 1. The topological polar surface area (TPSA) is 39.9 Å². The maximum absolute atomic E-state index is 4.28. The van der Waals surface area contributed by atoms with Gasteiger partial charge in [0, 0.05) is 35.1 Å². The molecule has 14 heavy (non-hydrogen) atoms. The molecule has 3 heterocycles. The third-order valence-corrected chi connectivity index (χ3v) is 2.88. The first kappa shape index (κ1) is 7.70. The monoisotopic (exact) mass is 200 g/mol. The largest absolute Gasteiger partial charge is 0.245 e. The van der Waals surface area contributed by atoms with Crippen molar-refractivity contribution in [3.63, 3.8) is 0 Å². The number of fused-ring (bicyclic) bond motifs is 1. The summed E-state index contributed by atoms with van der Waals surface area (Å²) < 4.78 is 0. The lowest BCUT2D eigenvalue weighted by Gasteiger charge is -2.01. The van der Waals surface area contributed by atoms with Crippen molar-refractivity contribution in [2.45, 2.75) is 0 Å². The number of aromatic nitrogens is 2. The molecule has 3 rings (SSSR count). The van der Waals surface area contributed by atoms with E-state index < -0.39 is 0 Å². The molecule has 2 aromatic heterocycles. The van der Waals surface area contributed by atoms with Crippen LogP contribution in [0.3, 0.4) is 0 Å². The summed E-state index contributed by atoms with van der Waals surface area (Å²) in [5.41, 5.74) is 2.19. The van der Waals surface area contributed by atoms with Crippen molar-refractivity contribution in [3.8, 4) is 10.6 Å². The molecule has 4 heteroatoms. The second-order valence-corrected chi connectivity index (χ2v) is 3.77. The summed E-state index contributed by atoms with van der Waals surface area (Å²) in [6.07, 6.45) is 7.32. The van der Waals surface area contributed by atoms with E-state index in [1.807, 2.05) is 23.7 Å². The Labute approximate surface area is 85.2 Å². The van der Waals surface area contributed by atoms with Gasteiger partial charge in [0.1, 0.15) is 5.01 Å². The molecule has 1 radical (unpaired) electrons. The van der Waals surface area contributed by atoms with Gasteiger partial charge in [-0.05, 0) is 12.1 Å². The molecule has 1 aliphatic heterocycles. The molecule has 0 fully saturated rings. The van der Waals surface area contributed by atoms with Gasteiger partial charge in [0.25, 0.3) is 0 Å². The lowest BCUT2D eigenvalue weighted by molar-refractivity contribution is 1.12. The summed E-state index contributed by atoms with van der Waals surface area (Å²) in [6.45, 7) is 0. The highest BCUT2D eigenvalue weighted by Gasteiger charge is 2.14. The quantitative estimate of drug-likeness (QED) is 0.709. The van der Waals surface area contributed by atoms with Crippen molar-refractivity contribution in [3.05, 3.63) is 35.6 Å². The number of thiazole rings is 1. The number of hydrogen-bond acceptors (Lipinski definition) is 3. The van der Waals surface area contributed by atoms with E-state index in [0.717, 1.165) is 22.0 Å². The Morgan fingerprint density at radius 1 is 1.14 bits per heavy atom. The molecule has 0 N–H and O–H groups in total. The predicted molar refractivity (Wildman–Crippen MR) is 56.2 cm³/mol. The smallest absolute Gasteiger partial charge is 0.159 e. The molecule has 67 valence electrons. The molecule has 0 aromatic carbocycles. The number of rotatable bonds is 1. The van der Waals surface area contributed by atoms with Crippen molar-refractivity contribution >= 4 is 23.2 Å². The van der Waals surface area contributed by atoms with Gasteiger partial charge in [0.2, 0.25) is 0 Å². The molecule has 0 saturated heterocycles. The van der Waals surface area contributed by atoms with Crippen LogP contribution in [0.1, 0.15) is 5.56 Å². The minimum atomic E-state index is 0.790. The molecule has 0 aliphatic carbocycles. The SMILES string of the molecule is C1=Cc2c(-c3nccs3)ccnc2[N]1. The van der Waals surface area contributed by atoms with Crippen LogP contribution in [-0.2, 0) is 0 Å². The Morgan fingerprint density at radius 2 is 2.14 bits per heavy atom. The summed E-state index contributed by atoms with van der Waals surface area (Å²) in [5, 5.41) is 7.14. The van der Waals surface area contributed by atoms with Crippen molar-refractivity contribution in [1.29, 1.82) is 0 Å². The highest BCUT2D eigenvalue weighted by atomic mass is 32.1. The van der Waals surface area contributed by atoms with Crippen molar-refractivity contribution in [2.75, 3.05) is 0 Å². The van der Waals surface area contributed by atoms with Gasteiger partial charge in [-0.25, -0.2) is 15.3 Å². The standard InChI is InChI=1S/C10H6N3S/c1-3-11-9-7(1)8(2-4-12-9)10-13-5-6-14-10/h1-6H. The van der Waals surface area contributed by atoms with Crippen LogP contribution in [0.15, 0.2) is 30.0 Å². The van der Waals surface area contributed by atoms with Crippen LogP contribution in [-0.4, -0.2) is 9.97 Å². The van der Waals surface area contributed by atoms with Gasteiger partial charge in [-0.1, -0.05) is 0 Å². The minimum absolute atomic E-state index is 0.790. The van der Waals surface area contributed by atoms with E-state index in [9.17, 15) is 0 Å². The van der Waals surface area contributed by atoms with Gasteiger partial charge in [-0.3, -0.25) is 0 Å². The summed E-state index contributed by atoms with van der Waals surface area (Å²) in [5.74, 6) is 0.790. The van der Waals surface area contributed by atoms with Crippen LogP contribution in [0.4, 0.5) is 5.82 Å². The molecule has 3 nitrogen and oxygen atoms in total. The Morgan fingerprint density at radius 3 is 3.00 bits per heavy atom. The fourth-order valence-electron chi connectivity index (χ4n) is 1.45. The number of hydrogen-bond donors (Lipinski definition) is 0. The zero-order chi connectivity index (χ0) is 9.38. The normalized spacial score (nSPS) is 12.6. The molecule has 2 aromatic rings. The highest BCUT2D eigenvalue weighted by Crippen LogP contribution is 2.32. The second-order valence-electron chi connectivity index (χ2n) is 2.88. The van der Waals surface area contributed by atoms with Crippen LogP contribution in [0.25, 0.3) is 16.6 Å². The third-order valence-electron chi connectivity index (χ3n) is 2.07. The maximum atomic E-state index is 4.28. The van der Waals surface area contributed by atoms with Crippen LogP contribution >= 0.6 is 11.3 Å². The van der Waals surface area contributed by atoms with Gasteiger partial charge in [-0.2, -0.15) is 0 Å². The average Bonchev–Trinajstić information content (AvgIpc) is 2.88. The van der Waals surface area contributed by atoms with E-state index in [1.165, 1.54) is 0 Å². The van der Waals surface area contributed by atoms with Gasteiger partial charge in [-0.15, -0.1) is 11.3 Å². The van der Waals surface area contributed by atoms with Crippen LogP contribution in [0.2, 0.25) is 0 Å². The first-order valence-electron chi connectivity index (χ1n) is 4.21. The Bertz CT molecular complexity index is 488. The fourth-order valence-corrected chi connectivity index (χ4v) is 2.13. The predicted octanol–water partition coefficient (Wildman–Crippen LogP) is 2.43. The summed E-state index contributed by atoms with van der Waals surface area (Å²) >= 11 is 1.63. The lowest BCUT2D eigenvalue weighted by atomic mass is 10.1. The first-order valence-corrected chi connectivity index (χ1v) is 5.09. The minimum Gasteiger partial charge on any atom is -0.245 e. The van der Waals surface area contributed by atoms with Gasteiger partial charge < -0.3 is 0 Å². The zero-order valence-corrected chi connectivity index (χ0v) is 8.03. The molecule has 0 spiro atoms. The summed E-state index contributed by atoms with van der Waals surface area (Å²) in [6, 6.07) is 1.98. The Hall–Kier alpha value is -1.68. The summed E-state index contributed by atoms with van der Waals surface area (Å²) in [7, 11) is 0. The Balaban J connectivity index is 2.24. The molecule has 0 saturated carbocycles. The molecule has 0 unspecified atom stereocenters. The Kier molecular flexibility index (Phi) is 1.61. The average molecular weight is 200 g/mol. The molecule has 0 amide bonds. The van der Waals surface area contributed by atoms with Crippen molar-refractivity contribution < 1.29 is 0 Å². The fraction of sp³-hybridized carbons (Fsp3) is 0. The molecule has 0 bridgehead atoms. The number of nitrogens with zero attached hydrogens (tertiary/aromatic N) is 3. The maximum Gasteiger partial charge on any atom is 0.159 e.